The molecule has 21 heavy (non-hydrogen) atoms. The maximum atomic E-state index is 12.1. The molecule has 0 aliphatic heterocycles. The van der Waals surface area contributed by atoms with Crippen molar-refractivity contribution < 1.29 is 19.0 Å². The Morgan fingerprint density at radius 2 is 2.14 bits per heavy atom. The Morgan fingerprint density at radius 3 is 2.86 bits per heavy atom. The second-order valence-corrected chi connectivity index (χ2v) is 4.73. The number of amides is 1. The number of rotatable bonds is 10. The molecule has 6 nitrogen and oxygen atoms in total. The number of carbonyl (C=O) groups excluding carboxylic acids is 1. The normalized spacial score (nSPS) is 10.7. The van der Waals surface area contributed by atoms with Gasteiger partial charge in [0.2, 0.25) is 5.88 Å². The van der Waals surface area contributed by atoms with Gasteiger partial charge in [0, 0.05) is 26.5 Å². The van der Waals surface area contributed by atoms with E-state index in [1.807, 2.05) is 13.8 Å². The van der Waals surface area contributed by atoms with Gasteiger partial charge in [0.25, 0.3) is 5.91 Å². The molecular weight excluding hydrogens is 272 g/mol. The van der Waals surface area contributed by atoms with E-state index >= 15 is 0 Å². The highest BCUT2D eigenvalue weighted by Gasteiger charge is 2.12. The summed E-state index contributed by atoms with van der Waals surface area (Å²) in [6.45, 7) is 5.95. The van der Waals surface area contributed by atoms with E-state index in [-0.39, 0.29) is 12.0 Å². The predicted octanol–water partition coefficient (Wildman–Crippen LogP) is 1.65. The molecule has 118 valence electrons. The molecule has 0 radical (unpaired) electrons. The monoisotopic (exact) mass is 296 g/mol. The molecular formula is C15H24N2O4. The highest BCUT2D eigenvalue weighted by Crippen LogP contribution is 2.13. The van der Waals surface area contributed by atoms with Gasteiger partial charge in [-0.25, -0.2) is 4.98 Å². The van der Waals surface area contributed by atoms with Gasteiger partial charge in [0.15, 0.2) is 0 Å². The number of hydrogen-bond donors (Lipinski definition) is 1. The number of ether oxygens (including phenoxy) is 3. The van der Waals surface area contributed by atoms with E-state index in [0.29, 0.717) is 37.8 Å². The molecule has 0 saturated heterocycles. The van der Waals surface area contributed by atoms with E-state index in [9.17, 15) is 4.79 Å². The van der Waals surface area contributed by atoms with Gasteiger partial charge in [-0.2, -0.15) is 0 Å². The average Bonchev–Trinajstić information content (AvgIpc) is 2.47. The molecule has 0 fully saturated rings. The fourth-order valence-electron chi connectivity index (χ4n) is 1.59. The van der Waals surface area contributed by atoms with Crippen LogP contribution in [-0.4, -0.2) is 50.5 Å². The van der Waals surface area contributed by atoms with Gasteiger partial charge in [-0.05, 0) is 32.4 Å². The zero-order valence-electron chi connectivity index (χ0n) is 12.9. The van der Waals surface area contributed by atoms with E-state index in [1.165, 1.54) is 0 Å². The highest BCUT2D eigenvalue weighted by molar-refractivity contribution is 5.96. The van der Waals surface area contributed by atoms with Crippen LogP contribution in [0.5, 0.6) is 5.88 Å². The van der Waals surface area contributed by atoms with Crippen LogP contribution < -0.4 is 10.1 Å². The molecule has 1 N–H and O–H groups in total. The van der Waals surface area contributed by atoms with Gasteiger partial charge in [-0.15, -0.1) is 0 Å². The van der Waals surface area contributed by atoms with Gasteiger partial charge < -0.3 is 19.5 Å². The maximum absolute atomic E-state index is 12.1. The van der Waals surface area contributed by atoms with Crippen LogP contribution in [0.1, 0.15) is 30.6 Å². The fraction of sp³-hybridized carbons (Fsp3) is 0.600. The molecule has 0 aromatic carbocycles. The van der Waals surface area contributed by atoms with Crippen molar-refractivity contribution >= 4 is 5.91 Å². The van der Waals surface area contributed by atoms with Crippen molar-refractivity contribution in [3.8, 4) is 5.88 Å². The van der Waals surface area contributed by atoms with Gasteiger partial charge in [0.05, 0.1) is 12.7 Å². The Morgan fingerprint density at radius 1 is 1.33 bits per heavy atom. The fourth-order valence-corrected chi connectivity index (χ4v) is 1.59. The minimum atomic E-state index is -0.194. The lowest BCUT2D eigenvalue weighted by atomic mass is 10.2. The Kier molecular flexibility index (Phi) is 8.38. The Balaban J connectivity index is 2.42. The molecule has 1 amide bonds. The molecule has 0 aliphatic carbocycles. The number of methoxy groups -OCH3 is 1. The Bertz CT molecular complexity index is 424. The largest absolute Gasteiger partial charge is 0.475 e. The third-order valence-corrected chi connectivity index (χ3v) is 2.60. The predicted molar refractivity (Wildman–Crippen MR) is 79.6 cm³/mol. The zero-order chi connectivity index (χ0) is 15.5. The van der Waals surface area contributed by atoms with Gasteiger partial charge in [-0.3, -0.25) is 4.79 Å². The summed E-state index contributed by atoms with van der Waals surface area (Å²) in [5.41, 5.74) is 0.429. The quantitative estimate of drug-likeness (QED) is 0.665. The second kappa shape index (κ2) is 10.1. The first kappa shape index (κ1) is 17.4. The van der Waals surface area contributed by atoms with E-state index in [4.69, 9.17) is 14.2 Å². The molecule has 0 saturated carbocycles. The average molecular weight is 296 g/mol. The van der Waals surface area contributed by atoms with Crippen LogP contribution in [0.3, 0.4) is 0 Å². The Hall–Kier alpha value is -1.66. The summed E-state index contributed by atoms with van der Waals surface area (Å²) in [4.78, 5) is 16.2. The molecule has 1 aromatic rings. The van der Waals surface area contributed by atoms with Crippen LogP contribution in [0.15, 0.2) is 18.3 Å². The summed E-state index contributed by atoms with van der Waals surface area (Å²) in [7, 11) is 1.59. The van der Waals surface area contributed by atoms with E-state index < -0.39 is 0 Å². The van der Waals surface area contributed by atoms with Crippen LogP contribution in [0, 0.1) is 0 Å². The molecule has 1 rings (SSSR count). The molecule has 0 aliphatic rings. The van der Waals surface area contributed by atoms with Crippen LogP contribution in [0.25, 0.3) is 0 Å². The van der Waals surface area contributed by atoms with E-state index in [0.717, 1.165) is 6.42 Å². The summed E-state index contributed by atoms with van der Waals surface area (Å²) in [6, 6.07) is 3.40. The van der Waals surface area contributed by atoms with Crippen molar-refractivity contribution in [2.24, 2.45) is 0 Å². The molecule has 0 unspecified atom stereocenters. The lowest BCUT2D eigenvalue weighted by Gasteiger charge is -2.11. The van der Waals surface area contributed by atoms with Crippen LogP contribution in [0.2, 0.25) is 0 Å². The minimum Gasteiger partial charge on any atom is -0.475 e. The first-order chi connectivity index (χ1) is 10.1. The van der Waals surface area contributed by atoms with Gasteiger partial charge in [0.1, 0.15) is 12.2 Å². The van der Waals surface area contributed by atoms with E-state index in [2.05, 4.69) is 10.3 Å². The third-order valence-electron chi connectivity index (χ3n) is 2.60. The zero-order valence-corrected chi connectivity index (χ0v) is 12.9. The standard InChI is InChI=1S/C15H24N2O4/c1-12(2)20-9-5-8-16-14(18)13-6-4-7-17-15(13)21-11-10-19-3/h4,6-7,12H,5,8-11H2,1-3H3,(H,16,18). The highest BCUT2D eigenvalue weighted by atomic mass is 16.5. The summed E-state index contributed by atoms with van der Waals surface area (Å²) in [5, 5.41) is 2.83. The van der Waals surface area contributed by atoms with Gasteiger partial charge >= 0.3 is 0 Å². The topological polar surface area (TPSA) is 69.7 Å². The molecule has 6 heteroatoms. The van der Waals surface area contributed by atoms with Crippen molar-refractivity contribution in [1.29, 1.82) is 0 Å². The minimum absolute atomic E-state index is 0.194. The van der Waals surface area contributed by atoms with Crippen LogP contribution in [-0.2, 0) is 9.47 Å². The summed E-state index contributed by atoms with van der Waals surface area (Å²) < 4.78 is 15.8. The lowest BCUT2D eigenvalue weighted by molar-refractivity contribution is 0.0756. The van der Waals surface area contributed by atoms with Gasteiger partial charge in [-0.1, -0.05) is 0 Å². The maximum Gasteiger partial charge on any atom is 0.256 e. The summed E-state index contributed by atoms with van der Waals surface area (Å²) >= 11 is 0. The van der Waals surface area contributed by atoms with Crippen LogP contribution in [0.4, 0.5) is 0 Å². The van der Waals surface area contributed by atoms with Crippen LogP contribution >= 0.6 is 0 Å². The third kappa shape index (κ3) is 7.06. The van der Waals surface area contributed by atoms with Crippen molar-refractivity contribution in [3.05, 3.63) is 23.9 Å². The first-order valence-electron chi connectivity index (χ1n) is 7.11. The Labute approximate surface area is 125 Å². The molecule has 0 spiro atoms. The first-order valence-corrected chi connectivity index (χ1v) is 7.11. The number of carbonyl (C=O) groups is 1. The van der Waals surface area contributed by atoms with Crippen molar-refractivity contribution in [1.82, 2.24) is 10.3 Å². The number of hydrogen-bond acceptors (Lipinski definition) is 5. The molecule has 1 aromatic heterocycles. The summed E-state index contributed by atoms with van der Waals surface area (Å²) in [5.74, 6) is 0.130. The number of pyridine rings is 1. The second-order valence-electron chi connectivity index (χ2n) is 4.73. The van der Waals surface area contributed by atoms with Crippen molar-refractivity contribution in [2.75, 3.05) is 33.5 Å². The lowest BCUT2D eigenvalue weighted by Crippen LogP contribution is -2.26. The number of nitrogens with zero attached hydrogens (tertiary/aromatic N) is 1. The number of nitrogens with one attached hydrogen (secondary N) is 1. The number of aromatic nitrogens is 1. The van der Waals surface area contributed by atoms with E-state index in [1.54, 1.807) is 25.4 Å². The van der Waals surface area contributed by atoms with Crippen molar-refractivity contribution in [2.45, 2.75) is 26.4 Å². The summed E-state index contributed by atoms with van der Waals surface area (Å²) in [6.07, 6.45) is 2.57. The van der Waals surface area contributed by atoms with Crippen molar-refractivity contribution in [3.63, 3.8) is 0 Å². The molecule has 0 atom stereocenters. The SMILES string of the molecule is COCCOc1ncccc1C(=O)NCCCOC(C)C. The molecule has 0 bridgehead atoms. The smallest absolute Gasteiger partial charge is 0.256 e. The molecule has 1 heterocycles.